The van der Waals surface area contributed by atoms with Crippen molar-refractivity contribution in [3.63, 3.8) is 0 Å². The van der Waals surface area contributed by atoms with Crippen molar-refractivity contribution in [3.05, 3.63) is 94.5 Å². The summed E-state index contributed by atoms with van der Waals surface area (Å²) < 4.78 is 0. The van der Waals surface area contributed by atoms with Crippen molar-refractivity contribution in [2.24, 2.45) is 0 Å². The number of carbonyl (C=O) groups is 3. The number of likely N-dealkylation sites (N-methyl/N-ethyl adjacent to an activating group) is 1. The van der Waals surface area contributed by atoms with E-state index in [9.17, 15) is 19.5 Å². The average molecular weight is 585 g/mol. The lowest BCUT2D eigenvalue weighted by Crippen LogP contribution is -2.76. The zero-order valence-corrected chi connectivity index (χ0v) is 25.4. The first-order valence-corrected chi connectivity index (χ1v) is 14.5. The Hall–Kier alpha value is -4.57. The van der Waals surface area contributed by atoms with Gasteiger partial charge in [-0.1, -0.05) is 60.2 Å². The summed E-state index contributed by atoms with van der Waals surface area (Å²) in [6, 6.07) is 19.4. The van der Waals surface area contributed by atoms with Gasteiger partial charge in [-0.15, -0.1) is 0 Å². The van der Waals surface area contributed by atoms with Crippen molar-refractivity contribution >= 4 is 23.5 Å². The third-order valence-corrected chi connectivity index (χ3v) is 8.13. The standard InChI is InChI=1S/C33H40N6O4/c1-22-15-23(2)31(35(3)4)26(16-22)19-37-20-29-38(28(32(37)42)17-24-11-13-27(40)14-12-24)30(41)21-36(5)39(29)33(43)34-18-25-9-7-6-8-10-25/h6-16,28-29,40H,17-21H2,1-5H3,(H,34,43)/t28-,29-/m0/s1. The van der Waals surface area contributed by atoms with Gasteiger partial charge in [-0.25, -0.2) is 14.8 Å². The van der Waals surface area contributed by atoms with Crippen LogP contribution in [-0.2, 0) is 29.1 Å². The monoisotopic (exact) mass is 584 g/mol. The third-order valence-electron chi connectivity index (χ3n) is 8.13. The molecule has 0 saturated carbocycles. The smallest absolute Gasteiger partial charge is 0.334 e. The van der Waals surface area contributed by atoms with Gasteiger partial charge in [-0.3, -0.25) is 9.59 Å². The number of aromatic hydroxyl groups is 1. The van der Waals surface area contributed by atoms with Gasteiger partial charge >= 0.3 is 6.03 Å². The number of aryl methyl sites for hydroxylation is 2. The minimum Gasteiger partial charge on any atom is -0.508 e. The normalized spacial score (nSPS) is 19.0. The summed E-state index contributed by atoms with van der Waals surface area (Å²) in [5.74, 6) is -0.256. The molecule has 2 atom stereocenters. The lowest BCUT2D eigenvalue weighted by molar-refractivity contribution is -0.187. The fourth-order valence-electron chi connectivity index (χ4n) is 6.37. The van der Waals surface area contributed by atoms with Crippen LogP contribution in [0.5, 0.6) is 5.75 Å². The Morgan fingerprint density at radius 1 is 1.00 bits per heavy atom. The number of anilines is 1. The lowest BCUT2D eigenvalue weighted by Gasteiger charge is -2.54. The maximum atomic E-state index is 14.3. The van der Waals surface area contributed by atoms with Crippen LogP contribution < -0.4 is 10.2 Å². The predicted octanol–water partition coefficient (Wildman–Crippen LogP) is 3.26. The molecule has 2 fully saturated rings. The quantitative estimate of drug-likeness (QED) is 0.443. The summed E-state index contributed by atoms with van der Waals surface area (Å²) >= 11 is 0. The second-order valence-corrected chi connectivity index (χ2v) is 11.7. The first-order chi connectivity index (χ1) is 20.5. The molecule has 226 valence electrons. The van der Waals surface area contributed by atoms with E-state index in [0.29, 0.717) is 13.1 Å². The Kier molecular flexibility index (Phi) is 8.59. The molecule has 3 aromatic rings. The van der Waals surface area contributed by atoms with E-state index in [1.165, 1.54) is 0 Å². The van der Waals surface area contributed by atoms with Crippen LogP contribution in [-0.4, -0.2) is 89.2 Å². The van der Waals surface area contributed by atoms with Crippen molar-refractivity contribution in [3.8, 4) is 5.75 Å². The van der Waals surface area contributed by atoms with Crippen molar-refractivity contribution in [2.75, 3.05) is 39.1 Å². The van der Waals surface area contributed by atoms with Crippen molar-refractivity contribution in [2.45, 2.75) is 45.6 Å². The lowest BCUT2D eigenvalue weighted by atomic mass is 9.97. The highest BCUT2D eigenvalue weighted by atomic mass is 16.3. The van der Waals surface area contributed by atoms with Crippen LogP contribution in [0.2, 0.25) is 0 Å². The molecule has 0 bridgehead atoms. The summed E-state index contributed by atoms with van der Waals surface area (Å²) in [6.07, 6.45) is -0.440. The summed E-state index contributed by atoms with van der Waals surface area (Å²) in [5.41, 5.74) is 6.03. The maximum absolute atomic E-state index is 14.3. The minimum atomic E-state index is -0.817. The van der Waals surface area contributed by atoms with Crippen molar-refractivity contribution < 1.29 is 19.5 Å². The van der Waals surface area contributed by atoms with Gasteiger partial charge in [0.2, 0.25) is 11.8 Å². The number of urea groups is 1. The van der Waals surface area contributed by atoms with Crippen LogP contribution in [0.25, 0.3) is 0 Å². The van der Waals surface area contributed by atoms with E-state index >= 15 is 0 Å². The number of piperazine rings is 1. The number of hydrogen-bond acceptors (Lipinski definition) is 6. The second kappa shape index (κ2) is 12.3. The number of nitrogens with zero attached hydrogens (tertiary/aromatic N) is 5. The predicted molar refractivity (Wildman–Crippen MR) is 165 cm³/mol. The number of amides is 4. The Labute approximate surface area is 253 Å². The van der Waals surface area contributed by atoms with Crippen molar-refractivity contribution in [1.82, 2.24) is 25.1 Å². The molecule has 5 rings (SSSR count). The molecule has 3 aromatic carbocycles. The van der Waals surface area contributed by atoms with Crippen LogP contribution in [0.1, 0.15) is 27.8 Å². The SMILES string of the molecule is Cc1cc(C)c(N(C)C)c(CN2C[C@H]3N(C(=O)CN(C)N3C(=O)NCc3ccccc3)[C@@H](Cc3ccc(O)cc3)C2=O)c1. The number of phenols is 1. The molecule has 2 aliphatic rings. The van der Waals surface area contributed by atoms with Crippen molar-refractivity contribution in [1.29, 1.82) is 0 Å². The van der Waals surface area contributed by atoms with E-state index in [0.717, 1.165) is 33.5 Å². The second-order valence-electron chi connectivity index (χ2n) is 11.7. The number of nitrogens with one attached hydrogen (secondary N) is 1. The number of hydrogen-bond donors (Lipinski definition) is 2. The summed E-state index contributed by atoms with van der Waals surface area (Å²) in [4.78, 5) is 47.0. The zero-order valence-electron chi connectivity index (χ0n) is 25.4. The Morgan fingerprint density at radius 3 is 2.37 bits per heavy atom. The molecule has 2 heterocycles. The Morgan fingerprint density at radius 2 is 1.70 bits per heavy atom. The van der Waals surface area contributed by atoms with E-state index in [1.807, 2.05) is 51.4 Å². The Bertz CT molecular complexity index is 1490. The van der Waals surface area contributed by atoms with Gasteiger partial charge in [0.1, 0.15) is 18.0 Å². The average Bonchev–Trinajstić information content (AvgIpc) is 2.95. The van der Waals surface area contributed by atoms with Gasteiger partial charge in [-0.05, 0) is 48.2 Å². The van der Waals surface area contributed by atoms with Gasteiger partial charge in [0.05, 0.1) is 13.1 Å². The highest BCUT2D eigenvalue weighted by Crippen LogP contribution is 2.32. The first-order valence-electron chi connectivity index (χ1n) is 14.5. The maximum Gasteiger partial charge on any atom is 0.334 e. The molecule has 4 amide bonds. The number of benzene rings is 3. The van der Waals surface area contributed by atoms with E-state index in [-0.39, 0.29) is 43.1 Å². The summed E-state index contributed by atoms with van der Waals surface area (Å²) in [5, 5.41) is 16.0. The van der Waals surface area contributed by atoms with Gasteiger partial charge < -0.3 is 25.1 Å². The number of carbonyl (C=O) groups excluding carboxylic acids is 3. The molecule has 0 spiro atoms. The molecule has 10 nitrogen and oxygen atoms in total. The third kappa shape index (κ3) is 6.29. The topological polar surface area (TPSA) is 99.7 Å². The van der Waals surface area contributed by atoms with E-state index < -0.39 is 12.2 Å². The molecule has 0 aromatic heterocycles. The van der Waals surface area contributed by atoms with E-state index in [1.54, 1.807) is 51.1 Å². The van der Waals surface area contributed by atoms with Gasteiger partial charge in [-0.2, -0.15) is 0 Å². The van der Waals surface area contributed by atoms with Gasteiger partial charge in [0, 0.05) is 46.3 Å². The fourth-order valence-corrected chi connectivity index (χ4v) is 6.37. The molecule has 43 heavy (non-hydrogen) atoms. The van der Waals surface area contributed by atoms with Crippen LogP contribution in [0.4, 0.5) is 10.5 Å². The zero-order chi connectivity index (χ0) is 30.8. The first kappa shape index (κ1) is 29.9. The van der Waals surface area contributed by atoms with E-state index in [4.69, 9.17) is 0 Å². The fraction of sp³-hybridized carbons (Fsp3) is 0.364. The van der Waals surface area contributed by atoms with Crippen LogP contribution in [0, 0.1) is 13.8 Å². The molecule has 0 radical (unpaired) electrons. The highest BCUT2D eigenvalue weighted by molar-refractivity contribution is 5.91. The molecule has 2 saturated heterocycles. The Balaban J connectivity index is 1.51. The highest BCUT2D eigenvalue weighted by Gasteiger charge is 2.50. The molecule has 0 unspecified atom stereocenters. The van der Waals surface area contributed by atoms with Gasteiger partial charge in [0.25, 0.3) is 0 Å². The molecule has 0 aliphatic carbocycles. The largest absolute Gasteiger partial charge is 0.508 e. The summed E-state index contributed by atoms with van der Waals surface area (Å²) in [7, 11) is 5.70. The molecule has 10 heteroatoms. The van der Waals surface area contributed by atoms with Crippen LogP contribution in [0.3, 0.4) is 0 Å². The molecule has 2 N–H and O–H groups in total. The van der Waals surface area contributed by atoms with E-state index in [2.05, 4.69) is 29.3 Å². The molecule has 2 aliphatic heterocycles. The van der Waals surface area contributed by atoms with Gasteiger partial charge in [0.15, 0.2) is 0 Å². The number of fused-ring (bicyclic) bond motifs is 1. The van der Waals surface area contributed by atoms with Crippen LogP contribution >= 0.6 is 0 Å². The summed E-state index contributed by atoms with van der Waals surface area (Å²) in [6.45, 7) is 4.90. The molecular formula is C33H40N6O4. The number of rotatable bonds is 7. The minimum absolute atomic E-state index is 0.0313. The number of hydrazine groups is 1. The molecular weight excluding hydrogens is 544 g/mol. The van der Waals surface area contributed by atoms with Crippen LogP contribution in [0.15, 0.2) is 66.7 Å². The number of phenolic OH excluding ortho intramolecular Hbond substituents is 1.